The van der Waals surface area contributed by atoms with E-state index in [2.05, 4.69) is 0 Å². The van der Waals surface area contributed by atoms with Gasteiger partial charge in [-0.15, -0.1) is 0 Å². The summed E-state index contributed by atoms with van der Waals surface area (Å²) >= 11 is 5.81. The van der Waals surface area contributed by atoms with Crippen molar-refractivity contribution in [1.29, 1.82) is 0 Å². The standard InChI is InChI=1S/C15H18ClNO5S/c1-2-22-14(18)9-17(13-7-8-23(20,21)10-13)15(19)11-3-5-12(16)6-4-11/h3-6,13H,2,7-10H2,1H3/t13-/m1/s1. The fraction of sp³-hybridized carbons (Fsp3) is 0.467. The van der Waals surface area contributed by atoms with Crippen LogP contribution in [0.4, 0.5) is 0 Å². The molecule has 8 heteroatoms. The SMILES string of the molecule is CCOC(=O)CN(C(=O)c1ccc(Cl)cc1)[C@@H]1CCS(=O)(=O)C1. The van der Waals surface area contributed by atoms with E-state index in [1.165, 1.54) is 4.90 Å². The number of amides is 1. The summed E-state index contributed by atoms with van der Waals surface area (Å²) in [5.74, 6) is -1.08. The Hall–Kier alpha value is -1.60. The van der Waals surface area contributed by atoms with Gasteiger partial charge < -0.3 is 9.64 Å². The monoisotopic (exact) mass is 359 g/mol. The van der Waals surface area contributed by atoms with E-state index in [9.17, 15) is 18.0 Å². The van der Waals surface area contributed by atoms with E-state index in [-0.39, 0.29) is 24.7 Å². The van der Waals surface area contributed by atoms with E-state index in [4.69, 9.17) is 16.3 Å². The van der Waals surface area contributed by atoms with Gasteiger partial charge in [-0.25, -0.2) is 8.42 Å². The molecule has 0 unspecified atom stereocenters. The number of ether oxygens (including phenoxy) is 1. The predicted octanol–water partition coefficient (Wildman–Crippen LogP) is 1.53. The number of benzene rings is 1. The van der Waals surface area contributed by atoms with Crippen molar-refractivity contribution in [2.45, 2.75) is 19.4 Å². The summed E-state index contributed by atoms with van der Waals surface area (Å²) < 4.78 is 28.3. The lowest BCUT2D eigenvalue weighted by Gasteiger charge is -2.27. The average Bonchev–Trinajstić information content (AvgIpc) is 2.85. The van der Waals surface area contributed by atoms with Gasteiger partial charge in [0.25, 0.3) is 5.91 Å². The Labute approximate surface area is 140 Å². The molecule has 1 heterocycles. The minimum absolute atomic E-state index is 0.0187. The van der Waals surface area contributed by atoms with Gasteiger partial charge in [-0.2, -0.15) is 0 Å². The number of halogens is 1. The molecule has 0 N–H and O–H groups in total. The largest absolute Gasteiger partial charge is 0.465 e. The molecule has 23 heavy (non-hydrogen) atoms. The summed E-state index contributed by atoms with van der Waals surface area (Å²) in [5.41, 5.74) is 0.350. The minimum atomic E-state index is -3.18. The van der Waals surface area contributed by atoms with Crippen LogP contribution in [-0.2, 0) is 19.4 Å². The molecule has 1 aliphatic rings. The van der Waals surface area contributed by atoms with Crippen molar-refractivity contribution < 1.29 is 22.7 Å². The van der Waals surface area contributed by atoms with E-state index in [1.54, 1.807) is 31.2 Å². The second-order valence-electron chi connectivity index (χ2n) is 5.30. The van der Waals surface area contributed by atoms with Crippen LogP contribution in [0.3, 0.4) is 0 Å². The van der Waals surface area contributed by atoms with E-state index in [0.717, 1.165) is 0 Å². The van der Waals surface area contributed by atoms with Gasteiger partial charge in [-0.3, -0.25) is 9.59 Å². The highest BCUT2D eigenvalue weighted by atomic mass is 35.5. The summed E-state index contributed by atoms with van der Waals surface area (Å²) in [6.45, 7) is 1.60. The van der Waals surface area contributed by atoms with Crippen molar-refractivity contribution in [2.75, 3.05) is 24.7 Å². The molecule has 2 rings (SSSR count). The summed E-state index contributed by atoms with van der Waals surface area (Å²) in [6, 6.07) is 5.72. The third-order valence-electron chi connectivity index (χ3n) is 3.61. The van der Waals surface area contributed by atoms with Crippen LogP contribution < -0.4 is 0 Å². The molecule has 1 fully saturated rings. The van der Waals surface area contributed by atoms with E-state index < -0.39 is 27.8 Å². The first kappa shape index (κ1) is 17.7. The topological polar surface area (TPSA) is 80.8 Å². The summed E-state index contributed by atoms with van der Waals surface area (Å²) in [5, 5.41) is 0.488. The molecule has 0 aromatic heterocycles. The first-order valence-corrected chi connectivity index (χ1v) is 9.45. The molecular formula is C15H18ClNO5S. The molecule has 0 saturated carbocycles. The lowest BCUT2D eigenvalue weighted by atomic mass is 10.1. The normalized spacial score (nSPS) is 19.3. The number of esters is 1. The smallest absolute Gasteiger partial charge is 0.325 e. The van der Waals surface area contributed by atoms with Crippen LogP contribution >= 0.6 is 11.6 Å². The number of hydrogen-bond acceptors (Lipinski definition) is 5. The van der Waals surface area contributed by atoms with Crippen LogP contribution in [-0.4, -0.2) is 55.9 Å². The molecule has 1 aliphatic heterocycles. The van der Waals surface area contributed by atoms with Crippen LogP contribution in [0, 0.1) is 0 Å². The number of hydrogen-bond donors (Lipinski definition) is 0. The van der Waals surface area contributed by atoms with Gasteiger partial charge in [0.05, 0.1) is 18.1 Å². The van der Waals surface area contributed by atoms with E-state index >= 15 is 0 Å². The van der Waals surface area contributed by atoms with Gasteiger partial charge in [-0.1, -0.05) is 11.6 Å². The van der Waals surface area contributed by atoms with Crippen LogP contribution in [0.25, 0.3) is 0 Å². The van der Waals surface area contributed by atoms with Gasteiger partial charge in [0, 0.05) is 16.6 Å². The van der Waals surface area contributed by atoms with E-state index in [1.807, 2.05) is 0 Å². The Morgan fingerprint density at radius 2 is 1.96 bits per heavy atom. The minimum Gasteiger partial charge on any atom is -0.465 e. The van der Waals surface area contributed by atoms with Crippen molar-refractivity contribution >= 4 is 33.3 Å². The number of carbonyl (C=O) groups excluding carboxylic acids is 2. The number of rotatable bonds is 5. The molecule has 0 aliphatic carbocycles. The van der Waals surface area contributed by atoms with Crippen LogP contribution in [0.15, 0.2) is 24.3 Å². The molecule has 1 aromatic rings. The fourth-order valence-corrected chi connectivity index (χ4v) is 4.35. The fourth-order valence-electron chi connectivity index (χ4n) is 2.49. The first-order valence-electron chi connectivity index (χ1n) is 7.25. The number of carbonyl (C=O) groups is 2. The Bertz CT molecular complexity index is 686. The lowest BCUT2D eigenvalue weighted by molar-refractivity contribution is -0.144. The van der Waals surface area contributed by atoms with E-state index in [0.29, 0.717) is 17.0 Å². The highest BCUT2D eigenvalue weighted by molar-refractivity contribution is 7.91. The Morgan fingerprint density at radius 1 is 1.30 bits per heavy atom. The Morgan fingerprint density at radius 3 is 2.48 bits per heavy atom. The molecule has 1 aromatic carbocycles. The summed E-state index contributed by atoms with van der Waals surface area (Å²) in [6.07, 6.45) is 0.321. The molecular weight excluding hydrogens is 342 g/mol. The zero-order chi connectivity index (χ0) is 17.0. The van der Waals surface area contributed by atoms with Gasteiger partial charge in [-0.05, 0) is 37.6 Å². The second-order valence-corrected chi connectivity index (χ2v) is 7.97. The third-order valence-corrected chi connectivity index (χ3v) is 5.61. The lowest BCUT2D eigenvalue weighted by Crippen LogP contribution is -2.44. The molecule has 1 saturated heterocycles. The quantitative estimate of drug-likeness (QED) is 0.745. The highest BCUT2D eigenvalue weighted by Crippen LogP contribution is 2.21. The molecule has 0 radical (unpaired) electrons. The van der Waals surface area contributed by atoms with Gasteiger partial charge in [0.2, 0.25) is 0 Å². The van der Waals surface area contributed by atoms with Crippen molar-refractivity contribution in [3.63, 3.8) is 0 Å². The summed E-state index contributed by atoms with van der Waals surface area (Å²) in [7, 11) is -3.18. The second kappa shape index (κ2) is 7.31. The molecule has 0 bridgehead atoms. The zero-order valence-corrected chi connectivity index (χ0v) is 14.3. The van der Waals surface area contributed by atoms with Crippen molar-refractivity contribution in [3.8, 4) is 0 Å². The van der Waals surface area contributed by atoms with Crippen molar-refractivity contribution in [2.24, 2.45) is 0 Å². The Kier molecular flexibility index (Phi) is 5.64. The summed E-state index contributed by atoms with van der Waals surface area (Å²) in [4.78, 5) is 25.7. The highest BCUT2D eigenvalue weighted by Gasteiger charge is 2.36. The number of nitrogens with zero attached hydrogens (tertiary/aromatic N) is 1. The maximum atomic E-state index is 12.7. The average molecular weight is 360 g/mol. The Balaban J connectivity index is 2.23. The van der Waals surface area contributed by atoms with Crippen LogP contribution in [0.2, 0.25) is 5.02 Å². The molecule has 0 spiro atoms. The van der Waals surface area contributed by atoms with Crippen LogP contribution in [0.5, 0.6) is 0 Å². The zero-order valence-electron chi connectivity index (χ0n) is 12.7. The maximum Gasteiger partial charge on any atom is 0.325 e. The van der Waals surface area contributed by atoms with Crippen molar-refractivity contribution in [3.05, 3.63) is 34.9 Å². The van der Waals surface area contributed by atoms with Crippen LogP contribution in [0.1, 0.15) is 23.7 Å². The van der Waals surface area contributed by atoms with Gasteiger partial charge in [0.15, 0.2) is 9.84 Å². The molecule has 126 valence electrons. The maximum absolute atomic E-state index is 12.7. The third kappa shape index (κ3) is 4.68. The molecule has 1 atom stereocenters. The predicted molar refractivity (Wildman–Crippen MR) is 86.2 cm³/mol. The van der Waals surface area contributed by atoms with Gasteiger partial charge >= 0.3 is 5.97 Å². The van der Waals surface area contributed by atoms with Crippen molar-refractivity contribution in [1.82, 2.24) is 4.90 Å². The van der Waals surface area contributed by atoms with Gasteiger partial charge in [0.1, 0.15) is 6.54 Å². The molecule has 6 nitrogen and oxygen atoms in total. The number of sulfone groups is 1. The first-order chi connectivity index (χ1) is 10.8. The molecule has 1 amide bonds.